The molecule has 2 aliphatic heterocycles. The first kappa shape index (κ1) is 19.8. The maximum absolute atomic E-state index is 12.6. The molecule has 0 aliphatic carbocycles. The molecule has 1 amide bonds. The molecule has 1 atom stereocenters. The van der Waals surface area contributed by atoms with E-state index in [2.05, 4.69) is 25.0 Å². The van der Waals surface area contributed by atoms with Crippen LogP contribution in [0, 0.1) is 10.1 Å². The predicted octanol–water partition coefficient (Wildman–Crippen LogP) is 3.34. The summed E-state index contributed by atoms with van der Waals surface area (Å²) in [7, 11) is 0. The van der Waals surface area contributed by atoms with Gasteiger partial charge in [-0.3, -0.25) is 19.8 Å². The number of nitrogens with zero attached hydrogens (tertiary/aromatic N) is 5. The maximum atomic E-state index is 12.6. The van der Waals surface area contributed by atoms with Crippen molar-refractivity contribution in [3.63, 3.8) is 0 Å². The number of benzene rings is 1. The number of rotatable bonds is 5. The van der Waals surface area contributed by atoms with E-state index in [4.69, 9.17) is 11.6 Å². The van der Waals surface area contributed by atoms with Crippen molar-refractivity contribution < 1.29 is 9.72 Å². The molecule has 9 nitrogen and oxygen atoms in total. The Bertz CT molecular complexity index is 931. The van der Waals surface area contributed by atoms with Crippen LogP contribution in [0.4, 0.5) is 11.4 Å². The van der Waals surface area contributed by atoms with Crippen LogP contribution in [0.3, 0.4) is 0 Å². The van der Waals surface area contributed by atoms with Crippen molar-refractivity contribution in [1.29, 1.82) is 0 Å². The van der Waals surface area contributed by atoms with Crippen LogP contribution in [0.25, 0.3) is 0 Å². The summed E-state index contributed by atoms with van der Waals surface area (Å²) in [5.74, 6) is 1.80. The molecule has 29 heavy (non-hydrogen) atoms. The van der Waals surface area contributed by atoms with Gasteiger partial charge in [0.1, 0.15) is 11.6 Å². The molecule has 1 saturated heterocycles. The first-order valence-electron chi connectivity index (χ1n) is 9.93. The highest BCUT2D eigenvalue weighted by Crippen LogP contribution is 2.32. The Morgan fingerprint density at radius 1 is 1.24 bits per heavy atom. The zero-order chi connectivity index (χ0) is 20.4. The standard InChI is InChI=1S/C19H23ClN6O3/c20-14-11-13(26(28)29)7-8-15(14)21-18(27)12-24-9-4-5-16(24)19-23-22-17-6-2-1-3-10-25(17)19/h7-8,11,16H,1-6,9-10,12H2,(H,21,27). The number of fused-ring (bicyclic) bond motifs is 1. The number of aryl methyl sites for hydroxylation is 1. The second-order valence-corrected chi connectivity index (χ2v) is 7.94. The summed E-state index contributed by atoms with van der Waals surface area (Å²) < 4.78 is 2.24. The Morgan fingerprint density at radius 3 is 2.90 bits per heavy atom. The van der Waals surface area contributed by atoms with Crippen LogP contribution in [0.2, 0.25) is 5.02 Å². The fourth-order valence-corrected chi connectivity index (χ4v) is 4.38. The Labute approximate surface area is 173 Å². The third-order valence-electron chi connectivity index (χ3n) is 5.58. The monoisotopic (exact) mass is 418 g/mol. The SMILES string of the molecule is O=C(CN1CCCC1c1nnc2n1CCCCC2)Nc1ccc([N+](=O)[O-])cc1Cl. The fraction of sp³-hybridized carbons (Fsp3) is 0.526. The molecule has 1 fully saturated rings. The van der Waals surface area contributed by atoms with E-state index >= 15 is 0 Å². The Morgan fingerprint density at radius 2 is 2.10 bits per heavy atom. The van der Waals surface area contributed by atoms with Gasteiger partial charge in [-0.05, 0) is 38.3 Å². The summed E-state index contributed by atoms with van der Waals surface area (Å²) in [5, 5.41) is 22.6. The Kier molecular flexibility index (Phi) is 5.77. The summed E-state index contributed by atoms with van der Waals surface area (Å²) >= 11 is 6.08. The summed E-state index contributed by atoms with van der Waals surface area (Å²) in [6, 6.07) is 4.10. The highest BCUT2D eigenvalue weighted by Gasteiger charge is 2.32. The number of carbonyl (C=O) groups excluding carboxylic acids is 1. The highest BCUT2D eigenvalue weighted by atomic mass is 35.5. The van der Waals surface area contributed by atoms with Crippen LogP contribution in [0.15, 0.2) is 18.2 Å². The first-order valence-corrected chi connectivity index (χ1v) is 10.3. The summed E-state index contributed by atoms with van der Waals surface area (Å²) in [4.78, 5) is 25.0. The van der Waals surface area contributed by atoms with Gasteiger partial charge in [0, 0.05) is 25.1 Å². The first-order chi connectivity index (χ1) is 14.0. The van der Waals surface area contributed by atoms with Crippen molar-refractivity contribution in [2.24, 2.45) is 0 Å². The summed E-state index contributed by atoms with van der Waals surface area (Å²) in [5.41, 5.74) is 0.259. The van der Waals surface area contributed by atoms with Crippen LogP contribution < -0.4 is 5.32 Å². The lowest BCUT2D eigenvalue weighted by Crippen LogP contribution is -2.34. The number of halogens is 1. The molecular formula is C19H23ClN6O3. The minimum absolute atomic E-state index is 0.0763. The normalized spacial score (nSPS) is 19.6. The molecule has 10 heteroatoms. The van der Waals surface area contributed by atoms with Crippen molar-refractivity contribution >= 4 is 28.9 Å². The lowest BCUT2D eigenvalue weighted by atomic mass is 10.2. The molecule has 0 bridgehead atoms. The molecule has 0 radical (unpaired) electrons. The molecule has 1 N–H and O–H groups in total. The zero-order valence-corrected chi connectivity index (χ0v) is 16.8. The Balaban J connectivity index is 1.44. The largest absolute Gasteiger partial charge is 0.324 e. The summed E-state index contributed by atoms with van der Waals surface area (Å²) in [6.07, 6.45) is 6.38. The van der Waals surface area contributed by atoms with Gasteiger partial charge in [0.05, 0.1) is 28.2 Å². The number of carbonyl (C=O) groups is 1. The molecule has 154 valence electrons. The zero-order valence-electron chi connectivity index (χ0n) is 16.0. The number of non-ortho nitro benzene ring substituents is 1. The van der Waals surface area contributed by atoms with Crippen LogP contribution in [-0.4, -0.2) is 43.6 Å². The molecule has 1 aromatic carbocycles. The second kappa shape index (κ2) is 8.46. The van der Waals surface area contributed by atoms with Crippen LogP contribution >= 0.6 is 11.6 Å². The maximum Gasteiger partial charge on any atom is 0.271 e. The number of likely N-dealkylation sites (tertiary alicyclic amines) is 1. The van der Waals surface area contributed by atoms with Gasteiger partial charge in [0.25, 0.3) is 5.69 Å². The number of amides is 1. The van der Waals surface area contributed by atoms with Gasteiger partial charge in [-0.15, -0.1) is 10.2 Å². The van der Waals surface area contributed by atoms with Gasteiger partial charge in [-0.25, -0.2) is 0 Å². The third kappa shape index (κ3) is 4.25. The van der Waals surface area contributed by atoms with Gasteiger partial charge >= 0.3 is 0 Å². The van der Waals surface area contributed by atoms with Crippen molar-refractivity contribution in [3.05, 3.63) is 45.0 Å². The summed E-state index contributed by atoms with van der Waals surface area (Å²) in [6.45, 7) is 1.96. The molecule has 1 aromatic heterocycles. The number of nitrogens with one attached hydrogen (secondary N) is 1. The molecule has 3 heterocycles. The van der Waals surface area contributed by atoms with Crippen LogP contribution in [0.5, 0.6) is 0 Å². The highest BCUT2D eigenvalue weighted by molar-refractivity contribution is 6.34. The second-order valence-electron chi connectivity index (χ2n) is 7.53. The van der Waals surface area contributed by atoms with Gasteiger partial charge in [-0.2, -0.15) is 0 Å². The van der Waals surface area contributed by atoms with E-state index in [9.17, 15) is 14.9 Å². The van der Waals surface area contributed by atoms with Crippen molar-refractivity contribution in [3.8, 4) is 0 Å². The average Bonchev–Trinajstić information content (AvgIpc) is 3.22. The topological polar surface area (TPSA) is 106 Å². The predicted molar refractivity (Wildman–Crippen MR) is 108 cm³/mol. The molecule has 0 spiro atoms. The lowest BCUT2D eigenvalue weighted by molar-refractivity contribution is -0.384. The van der Waals surface area contributed by atoms with E-state index in [1.54, 1.807) is 0 Å². The van der Waals surface area contributed by atoms with Gasteiger partial charge in [0.2, 0.25) is 5.91 Å². The van der Waals surface area contributed by atoms with Gasteiger partial charge in [-0.1, -0.05) is 18.0 Å². The third-order valence-corrected chi connectivity index (χ3v) is 5.90. The van der Waals surface area contributed by atoms with Gasteiger partial charge < -0.3 is 9.88 Å². The molecule has 2 aliphatic rings. The number of aromatic nitrogens is 3. The van der Waals surface area contributed by atoms with E-state index < -0.39 is 4.92 Å². The molecule has 1 unspecified atom stereocenters. The van der Waals surface area contributed by atoms with E-state index in [1.807, 2.05) is 0 Å². The minimum atomic E-state index is -0.520. The van der Waals surface area contributed by atoms with Crippen LogP contribution in [-0.2, 0) is 17.8 Å². The molecule has 2 aromatic rings. The number of nitro benzene ring substituents is 1. The van der Waals surface area contributed by atoms with Crippen LogP contribution in [0.1, 0.15) is 49.8 Å². The van der Waals surface area contributed by atoms with E-state index in [1.165, 1.54) is 24.6 Å². The Hall–Kier alpha value is -2.52. The minimum Gasteiger partial charge on any atom is -0.324 e. The van der Waals surface area contributed by atoms with Crippen molar-refractivity contribution in [1.82, 2.24) is 19.7 Å². The molecular weight excluding hydrogens is 396 g/mol. The quantitative estimate of drug-likeness (QED) is 0.589. The van der Waals surface area contributed by atoms with Crippen molar-refractivity contribution in [2.75, 3.05) is 18.4 Å². The molecule has 0 saturated carbocycles. The number of anilines is 1. The smallest absolute Gasteiger partial charge is 0.271 e. The number of hydrogen-bond acceptors (Lipinski definition) is 6. The van der Waals surface area contributed by atoms with E-state index in [-0.39, 0.29) is 29.2 Å². The van der Waals surface area contributed by atoms with Gasteiger partial charge in [0.15, 0.2) is 0 Å². The van der Waals surface area contributed by atoms with E-state index in [0.717, 1.165) is 56.8 Å². The lowest BCUT2D eigenvalue weighted by Gasteiger charge is -2.24. The number of nitro groups is 1. The molecule has 4 rings (SSSR count). The fourth-order valence-electron chi connectivity index (χ4n) is 4.15. The van der Waals surface area contributed by atoms with Crippen molar-refractivity contribution in [2.45, 2.75) is 51.1 Å². The van der Waals surface area contributed by atoms with E-state index in [0.29, 0.717) is 5.69 Å². The number of hydrogen-bond donors (Lipinski definition) is 1. The average molecular weight is 419 g/mol.